The minimum absolute atomic E-state index is 0.0540. The third kappa shape index (κ3) is 11.5. The molecule has 3 N–H and O–H groups in total. The van der Waals surface area contributed by atoms with E-state index < -0.39 is 29.7 Å². The summed E-state index contributed by atoms with van der Waals surface area (Å²) in [5.74, 6) is -0.916. The average Bonchev–Trinajstić information content (AvgIpc) is 3.36. The number of amides is 3. The lowest BCUT2D eigenvalue weighted by atomic mass is 9.99. The van der Waals surface area contributed by atoms with Crippen molar-refractivity contribution in [1.29, 1.82) is 0 Å². The van der Waals surface area contributed by atoms with Crippen LogP contribution in [0.25, 0.3) is 0 Å². The SMILES string of the molecule is CCNC(=O)C(=O)[C@H](Cc1ccc(Cl)c(Cl)c1)NC(=O)[C@H](CC(C)C)NC(=O)CCCCC1CCSS1. The molecule has 1 aliphatic rings. The fraction of sp³-hybridized carbons (Fsp3) is 0.615. The molecule has 11 heteroatoms. The highest BCUT2D eigenvalue weighted by atomic mass is 35.5. The normalized spacial score (nSPS) is 16.8. The molecule has 3 amide bonds. The molecule has 0 aliphatic carbocycles. The van der Waals surface area contributed by atoms with Gasteiger partial charge in [-0.25, -0.2) is 0 Å². The lowest BCUT2D eigenvalue weighted by Gasteiger charge is -2.24. The fourth-order valence-electron chi connectivity index (χ4n) is 3.98. The summed E-state index contributed by atoms with van der Waals surface area (Å²) in [6.07, 6.45) is 4.85. The van der Waals surface area contributed by atoms with Gasteiger partial charge in [-0.1, -0.05) is 71.1 Å². The van der Waals surface area contributed by atoms with Crippen molar-refractivity contribution in [1.82, 2.24) is 16.0 Å². The van der Waals surface area contributed by atoms with Gasteiger partial charge in [0.05, 0.1) is 10.0 Å². The predicted molar refractivity (Wildman–Crippen MR) is 154 cm³/mol. The largest absolute Gasteiger partial charge is 0.350 e. The van der Waals surface area contributed by atoms with E-state index in [2.05, 4.69) is 16.0 Å². The van der Waals surface area contributed by atoms with E-state index in [4.69, 9.17) is 23.2 Å². The van der Waals surface area contributed by atoms with Crippen LogP contribution in [0.1, 0.15) is 64.9 Å². The minimum atomic E-state index is -1.12. The molecule has 0 saturated carbocycles. The molecule has 2 rings (SSSR count). The number of likely N-dealkylation sites (N-methyl/N-ethyl adjacent to an activating group) is 1. The molecule has 3 atom stereocenters. The van der Waals surface area contributed by atoms with Crippen molar-refractivity contribution in [2.45, 2.75) is 83.1 Å². The Morgan fingerprint density at radius 2 is 1.81 bits per heavy atom. The molecule has 1 aromatic carbocycles. The van der Waals surface area contributed by atoms with Gasteiger partial charge in [0.15, 0.2) is 0 Å². The van der Waals surface area contributed by atoms with Crippen molar-refractivity contribution >= 4 is 68.3 Å². The third-order valence-corrected chi connectivity index (χ3v) is 9.63. The number of nitrogens with one attached hydrogen (secondary N) is 3. The Balaban J connectivity index is 2.04. The number of halogens is 2. The lowest BCUT2D eigenvalue weighted by Crippen LogP contribution is -2.54. The molecule has 1 aromatic rings. The van der Waals surface area contributed by atoms with Crippen molar-refractivity contribution in [2.75, 3.05) is 12.3 Å². The molecular formula is C26H37Cl2N3O4S2. The van der Waals surface area contributed by atoms with Gasteiger partial charge in [-0.3, -0.25) is 19.2 Å². The van der Waals surface area contributed by atoms with Gasteiger partial charge in [0.2, 0.25) is 17.6 Å². The highest BCUT2D eigenvalue weighted by molar-refractivity contribution is 8.77. The Morgan fingerprint density at radius 3 is 2.43 bits per heavy atom. The second-order valence-corrected chi connectivity index (χ2v) is 13.2. The van der Waals surface area contributed by atoms with Crippen LogP contribution in [0.15, 0.2) is 18.2 Å². The number of Topliss-reactive ketones (excluding diaryl/α,β-unsaturated/α-hetero) is 1. The smallest absolute Gasteiger partial charge is 0.289 e. The van der Waals surface area contributed by atoms with E-state index in [1.165, 1.54) is 12.2 Å². The van der Waals surface area contributed by atoms with Gasteiger partial charge in [0.25, 0.3) is 5.91 Å². The quantitative estimate of drug-likeness (QED) is 0.151. The molecule has 0 bridgehead atoms. The van der Waals surface area contributed by atoms with E-state index in [1.54, 1.807) is 25.1 Å². The number of carbonyl (C=O) groups excluding carboxylic acids is 4. The number of carbonyl (C=O) groups is 4. The van der Waals surface area contributed by atoms with Crippen LogP contribution < -0.4 is 16.0 Å². The zero-order valence-corrected chi connectivity index (χ0v) is 24.8. The standard InChI is InChI=1S/C26H37Cl2N3O4S2/c1-4-29-26(35)24(33)21(15-17-9-10-19(27)20(28)14-17)31-25(34)22(13-16(2)3)30-23(32)8-6-5-7-18-11-12-36-37-18/h9-10,14,16,18,21-22H,4-8,11-13,15H2,1-3H3,(H,29,35)(H,30,32)(H,31,34)/t18?,21-,22-/m0/s1. The number of ketones is 1. The molecule has 1 fully saturated rings. The number of unbranched alkanes of at least 4 members (excludes halogenated alkanes) is 1. The third-order valence-electron chi connectivity index (χ3n) is 5.88. The van der Waals surface area contributed by atoms with Crippen LogP contribution in [0.2, 0.25) is 10.0 Å². The maximum Gasteiger partial charge on any atom is 0.289 e. The zero-order valence-electron chi connectivity index (χ0n) is 21.6. The Kier molecular flexibility index (Phi) is 14.2. The van der Waals surface area contributed by atoms with Crippen LogP contribution >= 0.6 is 44.8 Å². The van der Waals surface area contributed by atoms with E-state index in [1.807, 2.05) is 35.4 Å². The van der Waals surface area contributed by atoms with Crippen molar-refractivity contribution < 1.29 is 19.2 Å². The van der Waals surface area contributed by atoms with Gasteiger partial charge in [-0.05, 0) is 56.2 Å². The topological polar surface area (TPSA) is 104 Å². The Labute approximate surface area is 237 Å². The number of benzene rings is 1. The summed E-state index contributed by atoms with van der Waals surface area (Å²) in [6, 6.07) is 2.96. The van der Waals surface area contributed by atoms with E-state index in [9.17, 15) is 19.2 Å². The van der Waals surface area contributed by atoms with E-state index in [0.29, 0.717) is 33.7 Å². The Morgan fingerprint density at radius 1 is 1.05 bits per heavy atom. The number of hydrogen-bond acceptors (Lipinski definition) is 6. The van der Waals surface area contributed by atoms with Gasteiger partial charge in [0.1, 0.15) is 12.1 Å². The summed E-state index contributed by atoms with van der Waals surface area (Å²) in [5.41, 5.74) is 0.639. The molecular weight excluding hydrogens is 553 g/mol. The van der Waals surface area contributed by atoms with Gasteiger partial charge in [-0.15, -0.1) is 0 Å². The Hall–Kier alpha value is -1.42. The minimum Gasteiger partial charge on any atom is -0.350 e. The first-order valence-electron chi connectivity index (χ1n) is 12.7. The van der Waals surface area contributed by atoms with Gasteiger partial charge in [0, 0.05) is 30.4 Å². The van der Waals surface area contributed by atoms with Crippen LogP contribution in [-0.2, 0) is 25.6 Å². The van der Waals surface area contributed by atoms with Crippen molar-refractivity contribution in [3.8, 4) is 0 Å². The molecule has 1 aliphatic heterocycles. The predicted octanol–water partition coefficient (Wildman–Crippen LogP) is 4.97. The second-order valence-electron chi connectivity index (χ2n) is 9.56. The van der Waals surface area contributed by atoms with Crippen LogP contribution in [0.5, 0.6) is 0 Å². The molecule has 206 valence electrons. The molecule has 1 unspecified atom stereocenters. The first-order chi connectivity index (χ1) is 17.6. The Bertz CT molecular complexity index is 942. The first-order valence-corrected chi connectivity index (χ1v) is 15.9. The van der Waals surface area contributed by atoms with Gasteiger partial charge in [-0.2, -0.15) is 0 Å². The number of rotatable bonds is 15. The van der Waals surface area contributed by atoms with E-state index in [-0.39, 0.29) is 24.8 Å². The average molecular weight is 591 g/mol. The van der Waals surface area contributed by atoms with Crippen LogP contribution in [0.4, 0.5) is 0 Å². The van der Waals surface area contributed by atoms with E-state index in [0.717, 1.165) is 19.3 Å². The summed E-state index contributed by atoms with van der Waals surface area (Å²) >= 11 is 12.1. The second kappa shape index (κ2) is 16.5. The summed E-state index contributed by atoms with van der Waals surface area (Å²) in [4.78, 5) is 51.1. The zero-order chi connectivity index (χ0) is 27.4. The molecule has 0 spiro atoms. The fourth-order valence-corrected chi connectivity index (χ4v) is 7.33. The first kappa shape index (κ1) is 31.8. The summed E-state index contributed by atoms with van der Waals surface area (Å²) < 4.78 is 0. The highest BCUT2D eigenvalue weighted by Crippen LogP contribution is 2.39. The molecule has 1 saturated heterocycles. The van der Waals surface area contributed by atoms with Crippen molar-refractivity contribution in [3.63, 3.8) is 0 Å². The van der Waals surface area contributed by atoms with Crippen LogP contribution in [0.3, 0.4) is 0 Å². The molecule has 0 aromatic heterocycles. The van der Waals surface area contributed by atoms with Crippen LogP contribution in [-0.4, -0.2) is 53.1 Å². The summed E-state index contributed by atoms with van der Waals surface area (Å²) in [5, 5.41) is 9.38. The van der Waals surface area contributed by atoms with Gasteiger partial charge >= 0.3 is 0 Å². The van der Waals surface area contributed by atoms with Crippen molar-refractivity contribution in [3.05, 3.63) is 33.8 Å². The van der Waals surface area contributed by atoms with Crippen molar-refractivity contribution in [2.24, 2.45) is 5.92 Å². The molecule has 0 radical (unpaired) electrons. The maximum atomic E-state index is 13.3. The lowest BCUT2D eigenvalue weighted by molar-refractivity contribution is -0.140. The van der Waals surface area contributed by atoms with E-state index >= 15 is 0 Å². The number of hydrogen-bond donors (Lipinski definition) is 3. The summed E-state index contributed by atoms with van der Waals surface area (Å²) in [7, 11) is 3.84. The van der Waals surface area contributed by atoms with Gasteiger partial charge < -0.3 is 16.0 Å². The molecule has 37 heavy (non-hydrogen) atoms. The maximum absolute atomic E-state index is 13.3. The molecule has 7 nitrogen and oxygen atoms in total. The van der Waals surface area contributed by atoms with Crippen LogP contribution in [0, 0.1) is 5.92 Å². The molecule has 1 heterocycles. The summed E-state index contributed by atoms with van der Waals surface area (Å²) in [6.45, 7) is 5.90. The highest BCUT2D eigenvalue weighted by Gasteiger charge is 2.30. The monoisotopic (exact) mass is 589 g/mol.